The van der Waals surface area contributed by atoms with E-state index in [1.54, 1.807) is 11.3 Å². The monoisotopic (exact) mass is 399 g/mol. The van der Waals surface area contributed by atoms with Crippen molar-refractivity contribution < 1.29 is 9.59 Å². The Hall–Kier alpha value is -2.18. The van der Waals surface area contributed by atoms with Crippen molar-refractivity contribution in [3.63, 3.8) is 0 Å². The molecule has 2 heterocycles. The first-order chi connectivity index (χ1) is 13.5. The Morgan fingerprint density at radius 2 is 2.00 bits per heavy atom. The molecule has 0 radical (unpaired) electrons. The molecule has 5 nitrogen and oxygen atoms in total. The molecule has 2 amide bonds. The molecule has 1 unspecified atom stereocenters. The van der Waals surface area contributed by atoms with E-state index in [1.165, 1.54) is 15.3 Å². The van der Waals surface area contributed by atoms with E-state index < -0.39 is 0 Å². The quantitative estimate of drug-likeness (QED) is 0.742. The van der Waals surface area contributed by atoms with E-state index in [-0.39, 0.29) is 17.7 Å². The zero-order chi connectivity index (χ0) is 19.9. The molecule has 2 aromatic rings. The van der Waals surface area contributed by atoms with Gasteiger partial charge in [0, 0.05) is 35.9 Å². The van der Waals surface area contributed by atoms with Gasteiger partial charge in [0.25, 0.3) is 0 Å². The first-order valence-electron chi connectivity index (χ1n) is 9.90. The fraction of sp³-hybridized carbons (Fsp3) is 0.455. The lowest BCUT2D eigenvalue weighted by Gasteiger charge is -2.33. The van der Waals surface area contributed by atoms with Crippen LogP contribution in [0.2, 0.25) is 0 Å². The van der Waals surface area contributed by atoms with Gasteiger partial charge in [-0.2, -0.15) is 0 Å². The molecule has 1 aromatic heterocycles. The zero-order valence-electron chi connectivity index (χ0n) is 16.5. The summed E-state index contributed by atoms with van der Waals surface area (Å²) < 4.78 is 0. The van der Waals surface area contributed by atoms with Gasteiger partial charge < -0.3 is 10.6 Å². The standard InChI is InChI=1S/C22H29N3O2S/c1-17-9-10-20(28-17)15-24(13-11-18-6-3-2-4-7-18)16-21(26)25-12-5-8-19(14-25)22(23)27/h2-4,6-7,9-10,19H,5,8,11-16H2,1H3,(H2,23,27). The Bertz CT molecular complexity index is 790. The first-order valence-corrected chi connectivity index (χ1v) is 10.7. The summed E-state index contributed by atoms with van der Waals surface area (Å²) in [5.41, 5.74) is 6.73. The van der Waals surface area contributed by atoms with Gasteiger partial charge in [0.15, 0.2) is 0 Å². The number of carbonyl (C=O) groups excluding carboxylic acids is 2. The Labute approximate surface area is 171 Å². The van der Waals surface area contributed by atoms with Crippen LogP contribution in [0.1, 0.15) is 28.2 Å². The van der Waals surface area contributed by atoms with E-state index in [4.69, 9.17) is 5.73 Å². The smallest absolute Gasteiger partial charge is 0.236 e. The van der Waals surface area contributed by atoms with Crippen molar-refractivity contribution in [3.8, 4) is 0 Å². The highest BCUT2D eigenvalue weighted by Crippen LogP contribution is 2.19. The van der Waals surface area contributed by atoms with Crippen LogP contribution in [0, 0.1) is 12.8 Å². The van der Waals surface area contributed by atoms with Crippen molar-refractivity contribution in [1.29, 1.82) is 0 Å². The number of primary amides is 1. The third kappa shape index (κ3) is 5.91. The van der Waals surface area contributed by atoms with Crippen molar-refractivity contribution in [2.45, 2.75) is 32.7 Å². The van der Waals surface area contributed by atoms with Gasteiger partial charge in [0.05, 0.1) is 12.5 Å². The van der Waals surface area contributed by atoms with Gasteiger partial charge in [-0.25, -0.2) is 0 Å². The van der Waals surface area contributed by atoms with Crippen LogP contribution in [0.3, 0.4) is 0 Å². The SMILES string of the molecule is Cc1ccc(CN(CCc2ccccc2)CC(=O)N2CCCC(C(N)=O)C2)s1. The van der Waals surface area contributed by atoms with Crippen molar-refractivity contribution in [2.24, 2.45) is 11.7 Å². The number of amides is 2. The van der Waals surface area contributed by atoms with Crippen LogP contribution >= 0.6 is 11.3 Å². The van der Waals surface area contributed by atoms with Crippen LogP contribution in [0.5, 0.6) is 0 Å². The minimum absolute atomic E-state index is 0.0901. The molecule has 28 heavy (non-hydrogen) atoms. The Kier molecular flexibility index (Phi) is 7.23. The van der Waals surface area contributed by atoms with Crippen molar-refractivity contribution in [1.82, 2.24) is 9.80 Å². The molecule has 1 fully saturated rings. The number of nitrogens with zero attached hydrogens (tertiary/aromatic N) is 2. The van der Waals surface area contributed by atoms with E-state index in [0.29, 0.717) is 19.6 Å². The summed E-state index contributed by atoms with van der Waals surface area (Å²) in [6.07, 6.45) is 2.53. The number of nitrogens with two attached hydrogens (primary N) is 1. The minimum Gasteiger partial charge on any atom is -0.369 e. The van der Waals surface area contributed by atoms with E-state index in [1.807, 2.05) is 23.1 Å². The molecule has 150 valence electrons. The van der Waals surface area contributed by atoms with Crippen LogP contribution in [-0.2, 0) is 22.6 Å². The van der Waals surface area contributed by atoms with Crippen LogP contribution in [0.15, 0.2) is 42.5 Å². The molecule has 1 atom stereocenters. The van der Waals surface area contributed by atoms with Crippen molar-refractivity contribution in [3.05, 3.63) is 57.8 Å². The average Bonchev–Trinajstić information content (AvgIpc) is 3.11. The molecular weight excluding hydrogens is 370 g/mol. The van der Waals surface area contributed by atoms with Gasteiger partial charge in [-0.15, -0.1) is 11.3 Å². The molecule has 1 aliphatic rings. The third-order valence-electron chi connectivity index (χ3n) is 5.27. The van der Waals surface area contributed by atoms with E-state index in [9.17, 15) is 9.59 Å². The molecule has 3 rings (SSSR count). The number of piperidine rings is 1. The zero-order valence-corrected chi connectivity index (χ0v) is 17.3. The predicted octanol–water partition coefficient (Wildman–Crippen LogP) is 2.83. The highest BCUT2D eigenvalue weighted by atomic mass is 32.1. The summed E-state index contributed by atoms with van der Waals surface area (Å²) in [4.78, 5) is 31.0. The molecule has 0 saturated carbocycles. The lowest BCUT2D eigenvalue weighted by Crippen LogP contribution is -2.47. The minimum atomic E-state index is -0.299. The van der Waals surface area contributed by atoms with E-state index >= 15 is 0 Å². The van der Waals surface area contributed by atoms with E-state index in [0.717, 1.165) is 32.4 Å². The molecule has 6 heteroatoms. The summed E-state index contributed by atoms with van der Waals surface area (Å²) in [5.74, 6) is -0.421. The molecule has 1 aliphatic heterocycles. The van der Waals surface area contributed by atoms with Gasteiger partial charge in [0.2, 0.25) is 11.8 Å². The Morgan fingerprint density at radius 1 is 1.21 bits per heavy atom. The maximum atomic E-state index is 12.9. The molecule has 1 saturated heterocycles. The fourth-order valence-corrected chi connectivity index (χ4v) is 4.60. The average molecular weight is 400 g/mol. The fourth-order valence-electron chi connectivity index (χ4n) is 3.66. The topological polar surface area (TPSA) is 66.6 Å². The van der Waals surface area contributed by atoms with Gasteiger partial charge in [0.1, 0.15) is 0 Å². The highest BCUT2D eigenvalue weighted by molar-refractivity contribution is 7.11. The Balaban J connectivity index is 1.63. The second kappa shape index (κ2) is 9.85. The lowest BCUT2D eigenvalue weighted by atomic mass is 9.97. The summed E-state index contributed by atoms with van der Waals surface area (Å²) in [6.45, 7) is 5.23. The lowest BCUT2D eigenvalue weighted by molar-refractivity contribution is -0.136. The second-order valence-corrected chi connectivity index (χ2v) is 8.91. The molecule has 2 N–H and O–H groups in total. The molecule has 0 spiro atoms. The molecule has 0 aliphatic carbocycles. The highest BCUT2D eigenvalue weighted by Gasteiger charge is 2.27. The largest absolute Gasteiger partial charge is 0.369 e. The summed E-state index contributed by atoms with van der Waals surface area (Å²) >= 11 is 1.78. The molecule has 0 bridgehead atoms. The van der Waals surface area contributed by atoms with Gasteiger partial charge in [-0.05, 0) is 43.9 Å². The van der Waals surface area contributed by atoms with Crippen LogP contribution in [0.4, 0.5) is 0 Å². The number of rotatable bonds is 8. The van der Waals surface area contributed by atoms with Crippen molar-refractivity contribution >= 4 is 23.2 Å². The van der Waals surface area contributed by atoms with Gasteiger partial charge in [-0.1, -0.05) is 30.3 Å². The molecular formula is C22H29N3O2S. The Morgan fingerprint density at radius 3 is 2.68 bits per heavy atom. The van der Waals surface area contributed by atoms with Gasteiger partial charge >= 0.3 is 0 Å². The first kappa shape index (κ1) is 20.6. The maximum Gasteiger partial charge on any atom is 0.236 e. The van der Waals surface area contributed by atoms with Crippen LogP contribution in [-0.4, -0.2) is 47.8 Å². The number of benzene rings is 1. The number of thiophene rings is 1. The maximum absolute atomic E-state index is 12.9. The molecule has 1 aromatic carbocycles. The summed E-state index contributed by atoms with van der Waals surface area (Å²) in [5, 5.41) is 0. The van der Waals surface area contributed by atoms with Gasteiger partial charge in [-0.3, -0.25) is 14.5 Å². The number of hydrogen-bond donors (Lipinski definition) is 1. The van der Waals surface area contributed by atoms with Crippen LogP contribution < -0.4 is 5.73 Å². The number of carbonyl (C=O) groups is 2. The number of aryl methyl sites for hydroxylation is 1. The number of likely N-dealkylation sites (tertiary alicyclic amines) is 1. The second-order valence-electron chi connectivity index (χ2n) is 7.54. The summed E-state index contributed by atoms with van der Waals surface area (Å²) in [7, 11) is 0. The number of hydrogen-bond acceptors (Lipinski definition) is 4. The van der Waals surface area contributed by atoms with Crippen molar-refractivity contribution in [2.75, 3.05) is 26.2 Å². The predicted molar refractivity (Wildman–Crippen MR) is 113 cm³/mol. The third-order valence-corrected chi connectivity index (χ3v) is 6.26. The van der Waals surface area contributed by atoms with E-state index in [2.05, 4.69) is 36.1 Å². The van der Waals surface area contributed by atoms with Crippen LogP contribution in [0.25, 0.3) is 0 Å². The summed E-state index contributed by atoms with van der Waals surface area (Å²) in [6, 6.07) is 14.6. The normalized spacial score (nSPS) is 17.1.